The molecule has 4 nitrogen and oxygen atoms in total. The Morgan fingerprint density at radius 3 is 2.41 bits per heavy atom. The van der Waals surface area contributed by atoms with E-state index in [0.717, 1.165) is 18.4 Å². The van der Waals surface area contributed by atoms with Gasteiger partial charge in [-0.15, -0.1) is 0 Å². The molecule has 0 aliphatic carbocycles. The quantitative estimate of drug-likeness (QED) is 0.202. The highest BCUT2D eigenvalue weighted by atomic mass is 19.4. The van der Waals surface area contributed by atoms with Crippen LogP contribution in [0, 0.1) is 0 Å². The van der Waals surface area contributed by atoms with Crippen LogP contribution in [0.15, 0.2) is 36.1 Å². The zero-order chi connectivity index (χ0) is 16.8. The lowest BCUT2D eigenvalue weighted by molar-refractivity contribution is -0.138. The number of hydrogen-bond donors (Lipinski definition) is 0. The number of carbonyl (C=O) groups excluding carboxylic acids is 2. The van der Waals surface area contributed by atoms with Crippen molar-refractivity contribution >= 4 is 11.8 Å². The Hall–Kier alpha value is -2.31. The van der Waals surface area contributed by atoms with Crippen LogP contribution in [0.3, 0.4) is 0 Å². The zero-order valence-corrected chi connectivity index (χ0v) is 12.1. The summed E-state index contributed by atoms with van der Waals surface area (Å²) in [7, 11) is 0. The van der Waals surface area contributed by atoms with E-state index in [1.165, 1.54) is 6.07 Å². The average Bonchev–Trinajstić information content (AvgIpc) is 2.47. The summed E-state index contributed by atoms with van der Waals surface area (Å²) in [5, 5.41) is 0. The van der Waals surface area contributed by atoms with Crippen LogP contribution in [0.1, 0.15) is 29.8 Å². The van der Waals surface area contributed by atoms with E-state index in [0.29, 0.717) is 6.07 Å². The molecule has 0 aliphatic rings. The van der Waals surface area contributed by atoms with E-state index < -0.39 is 29.1 Å². The number of rotatable bonds is 6. The topological polar surface area (TPSA) is 52.6 Å². The van der Waals surface area contributed by atoms with Crippen LogP contribution in [0.25, 0.3) is 0 Å². The first-order valence-electron chi connectivity index (χ1n) is 6.52. The number of Topliss-reactive ketones (excluding diaryl/α,β-unsaturated/α-hetero) is 1. The molecule has 0 bridgehead atoms. The number of esters is 1. The Bertz CT molecular complexity index is 576. The summed E-state index contributed by atoms with van der Waals surface area (Å²) in [6, 6.07) is 3.81. The summed E-state index contributed by atoms with van der Waals surface area (Å²) in [5.74, 6) is -1.84. The fourth-order valence-electron chi connectivity index (χ4n) is 1.56. The van der Waals surface area contributed by atoms with Crippen molar-refractivity contribution < 1.29 is 32.2 Å². The van der Waals surface area contributed by atoms with E-state index in [2.05, 4.69) is 0 Å². The lowest BCUT2D eigenvalue weighted by Crippen LogP contribution is -2.17. The molecule has 0 saturated heterocycles. The molecule has 0 spiro atoms. The Morgan fingerprint density at radius 2 is 1.86 bits per heavy atom. The minimum absolute atomic E-state index is 0.0260. The molecule has 22 heavy (non-hydrogen) atoms. The molecule has 0 saturated carbocycles. The first-order chi connectivity index (χ1) is 10.3. The van der Waals surface area contributed by atoms with Gasteiger partial charge in [-0.3, -0.25) is 4.79 Å². The third-order valence-electron chi connectivity index (χ3n) is 2.56. The molecule has 7 heteroatoms. The molecule has 0 aliphatic heterocycles. The number of carbonyl (C=O) groups is 2. The minimum atomic E-state index is -4.58. The van der Waals surface area contributed by atoms with Crippen molar-refractivity contribution in [3.8, 4) is 0 Å². The van der Waals surface area contributed by atoms with E-state index in [1.54, 1.807) is 13.8 Å². The van der Waals surface area contributed by atoms with E-state index in [-0.39, 0.29) is 18.8 Å². The molecule has 120 valence electrons. The fraction of sp³-hybridized carbons (Fsp3) is 0.333. The smallest absolute Gasteiger partial charge is 0.416 e. The lowest BCUT2D eigenvalue weighted by Gasteiger charge is -2.10. The first-order valence-corrected chi connectivity index (χ1v) is 6.52. The molecule has 1 aromatic rings. The summed E-state index contributed by atoms with van der Waals surface area (Å²) in [6.45, 7) is 3.40. The predicted octanol–water partition coefficient (Wildman–Crippen LogP) is 3.37. The highest BCUT2D eigenvalue weighted by Crippen LogP contribution is 2.30. The lowest BCUT2D eigenvalue weighted by atomic mass is 10.0. The molecule has 0 unspecified atom stereocenters. The van der Waals surface area contributed by atoms with Gasteiger partial charge >= 0.3 is 12.1 Å². The minimum Gasteiger partial charge on any atom is -0.500 e. The summed E-state index contributed by atoms with van der Waals surface area (Å²) < 4.78 is 47.6. The van der Waals surface area contributed by atoms with Gasteiger partial charge < -0.3 is 9.47 Å². The van der Waals surface area contributed by atoms with Crippen LogP contribution in [0.5, 0.6) is 0 Å². The Balaban J connectivity index is 3.17. The largest absolute Gasteiger partial charge is 0.500 e. The van der Waals surface area contributed by atoms with Gasteiger partial charge in [0.15, 0.2) is 0 Å². The van der Waals surface area contributed by atoms with E-state index >= 15 is 0 Å². The second-order valence-electron chi connectivity index (χ2n) is 4.12. The van der Waals surface area contributed by atoms with Gasteiger partial charge in [0, 0.05) is 5.56 Å². The van der Waals surface area contributed by atoms with Crippen molar-refractivity contribution in [2.45, 2.75) is 20.0 Å². The Kier molecular flexibility index (Phi) is 6.15. The maximum atomic E-state index is 12.7. The summed E-state index contributed by atoms with van der Waals surface area (Å²) in [5.41, 5.74) is -1.70. The normalized spacial score (nSPS) is 12.0. The van der Waals surface area contributed by atoms with Gasteiger partial charge in [-0.2, -0.15) is 13.2 Å². The summed E-state index contributed by atoms with van der Waals surface area (Å²) in [6.07, 6.45) is -3.68. The van der Waals surface area contributed by atoms with E-state index in [4.69, 9.17) is 9.47 Å². The monoisotopic (exact) mass is 316 g/mol. The number of hydrogen-bond acceptors (Lipinski definition) is 4. The second-order valence-corrected chi connectivity index (χ2v) is 4.12. The molecule has 1 rings (SSSR count). The Labute approximate surface area is 125 Å². The van der Waals surface area contributed by atoms with Gasteiger partial charge in [-0.05, 0) is 26.0 Å². The molecule has 0 atom stereocenters. The molecular formula is C15H15F3O4. The van der Waals surface area contributed by atoms with Crippen molar-refractivity contribution in [1.29, 1.82) is 0 Å². The van der Waals surface area contributed by atoms with Crippen molar-refractivity contribution in [2.24, 2.45) is 0 Å². The summed E-state index contributed by atoms with van der Waals surface area (Å²) in [4.78, 5) is 24.0. The molecule has 0 N–H and O–H groups in total. The van der Waals surface area contributed by atoms with E-state index in [1.807, 2.05) is 0 Å². The van der Waals surface area contributed by atoms with Gasteiger partial charge in [0.05, 0.1) is 18.8 Å². The number of alkyl halides is 3. The number of halogens is 3. The zero-order valence-electron chi connectivity index (χ0n) is 12.1. The van der Waals surface area contributed by atoms with Gasteiger partial charge in [0.1, 0.15) is 11.8 Å². The highest BCUT2D eigenvalue weighted by Gasteiger charge is 2.31. The van der Waals surface area contributed by atoms with Crippen molar-refractivity contribution in [1.82, 2.24) is 0 Å². The summed E-state index contributed by atoms with van der Waals surface area (Å²) >= 11 is 0. The van der Waals surface area contributed by atoms with Crippen LogP contribution in [-0.4, -0.2) is 25.0 Å². The molecule has 0 aromatic heterocycles. The Morgan fingerprint density at radius 1 is 1.18 bits per heavy atom. The second kappa shape index (κ2) is 7.63. The van der Waals surface area contributed by atoms with Gasteiger partial charge in [-0.25, -0.2) is 4.79 Å². The molecular weight excluding hydrogens is 301 g/mol. The standard InChI is InChI=1S/C15H15F3O4/c1-3-21-9-12(14(20)22-4-2)13(19)10-6-5-7-11(8-10)15(16,17)18/h5-9H,3-4H2,1-2H3/b12-9-. The van der Waals surface area contributed by atoms with Crippen molar-refractivity contribution in [3.05, 3.63) is 47.2 Å². The van der Waals surface area contributed by atoms with Crippen LogP contribution in [0.4, 0.5) is 13.2 Å². The van der Waals surface area contributed by atoms with Crippen LogP contribution in [-0.2, 0) is 20.4 Å². The van der Waals surface area contributed by atoms with E-state index in [9.17, 15) is 22.8 Å². The fourth-order valence-corrected chi connectivity index (χ4v) is 1.56. The van der Waals surface area contributed by atoms with Gasteiger partial charge in [0.2, 0.25) is 5.78 Å². The van der Waals surface area contributed by atoms with Crippen LogP contribution < -0.4 is 0 Å². The highest BCUT2D eigenvalue weighted by molar-refractivity contribution is 6.24. The van der Waals surface area contributed by atoms with Gasteiger partial charge in [0.25, 0.3) is 0 Å². The van der Waals surface area contributed by atoms with Crippen molar-refractivity contribution in [3.63, 3.8) is 0 Å². The average molecular weight is 316 g/mol. The number of ketones is 1. The maximum absolute atomic E-state index is 12.7. The van der Waals surface area contributed by atoms with Gasteiger partial charge in [-0.1, -0.05) is 12.1 Å². The maximum Gasteiger partial charge on any atom is 0.416 e. The van der Waals surface area contributed by atoms with Crippen molar-refractivity contribution in [2.75, 3.05) is 13.2 Å². The predicted molar refractivity (Wildman–Crippen MR) is 72.1 cm³/mol. The molecule has 1 aromatic carbocycles. The number of ether oxygens (including phenoxy) is 2. The SMILES string of the molecule is CCO/C=C(\C(=O)OCC)C(=O)c1cccc(C(F)(F)F)c1. The molecule has 0 heterocycles. The number of benzene rings is 1. The molecule has 0 amide bonds. The molecule has 0 radical (unpaired) electrons. The first kappa shape index (κ1) is 17.7. The van der Waals surface area contributed by atoms with Crippen LogP contribution in [0.2, 0.25) is 0 Å². The third kappa shape index (κ3) is 4.61. The molecule has 0 fully saturated rings. The third-order valence-corrected chi connectivity index (χ3v) is 2.56. The van der Waals surface area contributed by atoms with Crippen LogP contribution >= 0.6 is 0 Å².